The van der Waals surface area contributed by atoms with Gasteiger partial charge in [0, 0.05) is 30.4 Å². The topological polar surface area (TPSA) is 106 Å². The highest BCUT2D eigenvalue weighted by molar-refractivity contribution is 6.08. The van der Waals surface area contributed by atoms with Crippen LogP contribution in [0.5, 0.6) is 5.75 Å². The minimum Gasteiger partial charge on any atom is -0.497 e. The van der Waals surface area contributed by atoms with Gasteiger partial charge in [-0.3, -0.25) is 19.6 Å². The third-order valence-electron chi connectivity index (χ3n) is 6.74. The summed E-state index contributed by atoms with van der Waals surface area (Å²) in [6, 6.07) is 12.2. The summed E-state index contributed by atoms with van der Waals surface area (Å²) in [5, 5.41) is 9.60. The number of nitrogens with one attached hydrogen (secondary N) is 2. The third kappa shape index (κ3) is 3.23. The lowest BCUT2D eigenvalue weighted by Crippen LogP contribution is -2.52. The summed E-state index contributed by atoms with van der Waals surface area (Å²) in [6.07, 6.45) is 0. The first-order chi connectivity index (χ1) is 16.2. The minimum atomic E-state index is -1.39. The summed E-state index contributed by atoms with van der Waals surface area (Å²) in [5.74, 6) is -0.104. The van der Waals surface area contributed by atoms with E-state index in [1.54, 1.807) is 24.1 Å². The normalized spacial score (nSPS) is 19.3. The van der Waals surface area contributed by atoms with Crippen LogP contribution in [0, 0.1) is 13.8 Å². The number of urea groups is 1. The maximum atomic E-state index is 13.1. The molecule has 4 amide bonds. The predicted molar refractivity (Wildman–Crippen MR) is 124 cm³/mol. The first-order valence-corrected chi connectivity index (χ1v) is 10.9. The number of methoxy groups -OCH3 is 1. The van der Waals surface area contributed by atoms with Crippen molar-refractivity contribution in [1.82, 2.24) is 25.3 Å². The lowest BCUT2D eigenvalue weighted by molar-refractivity contribution is -0.124. The van der Waals surface area contributed by atoms with E-state index in [0.717, 1.165) is 28.1 Å². The molecule has 3 heterocycles. The monoisotopic (exact) mass is 459 g/mol. The third-order valence-corrected chi connectivity index (χ3v) is 6.74. The fraction of sp³-hybridized carbons (Fsp3) is 0.280. The molecule has 2 N–H and O–H groups in total. The number of amides is 4. The molecule has 1 unspecified atom stereocenters. The molecule has 9 heteroatoms. The molecule has 2 aliphatic rings. The lowest BCUT2D eigenvalue weighted by atomic mass is 9.88. The molecule has 34 heavy (non-hydrogen) atoms. The molecule has 174 valence electrons. The van der Waals surface area contributed by atoms with Gasteiger partial charge in [-0.2, -0.15) is 5.10 Å². The van der Waals surface area contributed by atoms with Crippen molar-refractivity contribution in [2.45, 2.75) is 25.9 Å². The van der Waals surface area contributed by atoms with Crippen LogP contribution in [0.15, 0.2) is 42.5 Å². The number of benzene rings is 2. The summed E-state index contributed by atoms with van der Waals surface area (Å²) in [4.78, 5) is 40.0. The van der Waals surface area contributed by atoms with Gasteiger partial charge in [-0.05, 0) is 42.7 Å². The Kier molecular flexibility index (Phi) is 4.93. The molecule has 5 rings (SSSR count). The molecule has 1 atom stereocenters. The number of nitrogens with zero attached hydrogens (tertiary/aromatic N) is 3. The quantitative estimate of drug-likeness (QED) is 0.570. The molecule has 0 spiro atoms. The van der Waals surface area contributed by atoms with E-state index < -0.39 is 17.5 Å². The number of fused-ring (bicyclic) bond motifs is 1. The number of aryl methyl sites for hydroxylation is 2. The summed E-state index contributed by atoms with van der Waals surface area (Å²) >= 11 is 0. The van der Waals surface area contributed by atoms with E-state index in [9.17, 15) is 14.4 Å². The van der Waals surface area contributed by atoms with Gasteiger partial charge in [0.05, 0.1) is 19.3 Å². The largest absolute Gasteiger partial charge is 0.497 e. The lowest BCUT2D eigenvalue weighted by Gasteiger charge is -2.31. The van der Waals surface area contributed by atoms with Gasteiger partial charge in [0.15, 0.2) is 5.54 Å². The Morgan fingerprint density at radius 2 is 1.82 bits per heavy atom. The summed E-state index contributed by atoms with van der Waals surface area (Å²) in [7, 11) is 3.44. The van der Waals surface area contributed by atoms with Gasteiger partial charge in [0.25, 0.3) is 11.8 Å². The molecule has 9 nitrogen and oxygen atoms in total. The highest BCUT2D eigenvalue weighted by Gasteiger charge is 2.50. The number of aromatic nitrogens is 2. The highest BCUT2D eigenvalue weighted by atomic mass is 16.5. The van der Waals surface area contributed by atoms with Gasteiger partial charge >= 0.3 is 6.03 Å². The van der Waals surface area contributed by atoms with E-state index in [4.69, 9.17) is 4.74 Å². The zero-order chi connectivity index (χ0) is 24.2. The van der Waals surface area contributed by atoms with Crippen LogP contribution in [-0.4, -0.2) is 46.2 Å². The number of ether oxygens (including phenoxy) is 1. The van der Waals surface area contributed by atoms with Crippen molar-refractivity contribution < 1.29 is 19.1 Å². The first kappa shape index (κ1) is 21.7. The minimum absolute atomic E-state index is 0.00466. The maximum absolute atomic E-state index is 13.1. The molecule has 1 aromatic heterocycles. The van der Waals surface area contributed by atoms with Crippen molar-refractivity contribution in [1.29, 1.82) is 0 Å². The van der Waals surface area contributed by atoms with E-state index in [-0.39, 0.29) is 12.5 Å². The number of hydrogen-bond acceptors (Lipinski definition) is 5. The zero-order valence-corrected chi connectivity index (χ0v) is 19.4. The first-order valence-electron chi connectivity index (χ1n) is 10.9. The van der Waals surface area contributed by atoms with Crippen molar-refractivity contribution >= 4 is 17.8 Å². The van der Waals surface area contributed by atoms with E-state index in [2.05, 4.69) is 15.7 Å². The maximum Gasteiger partial charge on any atom is 0.322 e. The van der Waals surface area contributed by atoms with Gasteiger partial charge < -0.3 is 15.0 Å². The second-order valence-corrected chi connectivity index (χ2v) is 8.74. The van der Waals surface area contributed by atoms with Crippen LogP contribution >= 0.6 is 0 Å². The Balaban J connectivity index is 1.50. The molecule has 0 saturated carbocycles. The molecule has 0 aliphatic carbocycles. The standard InChI is InChI=1S/C25H25N5O4/c1-14-21(15(2)29(3)28-14)16-5-8-18(9-6-16)25(23(32)26-24(33)27-25)13-30-12-17-7-10-19(34-4)11-20(17)22(30)31/h5-11H,12-13H2,1-4H3,(H2,26,27,32,33). The van der Waals surface area contributed by atoms with Crippen LogP contribution in [0.2, 0.25) is 0 Å². The Bertz CT molecular complexity index is 1340. The summed E-state index contributed by atoms with van der Waals surface area (Å²) in [5.41, 5.74) is 4.52. The summed E-state index contributed by atoms with van der Waals surface area (Å²) in [6.45, 7) is 4.30. The molecule has 0 bridgehead atoms. The van der Waals surface area contributed by atoms with Crippen LogP contribution in [0.25, 0.3) is 11.1 Å². The van der Waals surface area contributed by atoms with Crippen LogP contribution in [0.3, 0.4) is 0 Å². The number of imide groups is 1. The SMILES string of the molecule is COc1ccc2c(c1)C(=O)N(CC1(c3ccc(-c4c(C)nn(C)c4C)cc3)NC(=O)NC1=O)C2. The zero-order valence-electron chi connectivity index (χ0n) is 19.4. The number of rotatable bonds is 5. The molecule has 3 aromatic rings. The Morgan fingerprint density at radius 3 is 2.41 bits per heavy atom. The Labute approximate surface area is 196 Å². The highest BCUT2D eigenvalue weighted by Crippen LogP contribution is 2.34. The van der Waals surface area contributed by atoms with Gasteiger partial charge in [-0.1, -0.05) is 30.3 Å². The summed E-state index contributed by atoms with van der Waals surface area (Å²) < 4.78 is 7.07. The molecule has 2 aromatic carbocycles. The van der Waals surface area contributed by atoms with Gasteiger partial charge in [-0.25, -0.2) is 4.79 Å². The predicted octanol–water partition coefficient (Wildman–Crippen LogP) is 2.40. The molecule has 1 fully saturated rings. The van der Waals surface area contributed by atoms with Crippen molar-refractivity contribution in [3.8, 4) is 16.9 Å². The fourth-order valence-electron chi connectivity index (χ4n) is 4.89. The second kappa shape index (κ2) is 7.72. The van der Waals surface area contributed by atoms with Crippen molar-refractivity contribution in [2.75, 3.05) is 13.7 Å². The van der Waals surface area contributed by atoms with Gasteiger partial charge in [0.2, 0.25) is 0 Å². The average molecular weight is 460 g/mol. The van der Waals surface area contributed by atoms with Crippen LogP contribution in [-0.2, 0) is 23.9 Å². The molecule has 1 saturated heterocycles. The van der Waals surface area contributed by atoms with Gasteiger partial charge in [0.1, 0.15) is 5.75 Å². The number of carbonyl (C=O) groups is 3. The van der Waals surface area contributed by atoms with E-state index in [0.29, 0.717) is 23.4 Å². The molecule has 0 radical (unpaired) electrons. The molecule has 2 aliphatic heterocycles. The van der Waals surface area contributed by atoms with E-state index in [1.807, 2.05) is 55.9 Å². The van der Waals surface area contributed by atoms with Crippen LogP contribution in [0.4, 0.5) is 4.79 Å². The fourth-order valence-corrected chi connectivity index (χ4v) is 4.89. The van der Waals surface area contributed by atoms with Crippen molar-refractivity contribution in [2.24, 2.45) is 7.05 Å². The average Bonchev–Trinajstić information content (AvgIpc) is 3.38. The number of carbonyl (C=O) groups excluding carboxylic acids is 3. The van der Waals surface area contributed by atoms with Gasteiger partial charge in [-0.15, -0.1) is 0 Å². The van der Waals surface area contributed by atoms with Crippen LogP contribution in [0.1, 0.15) is 32.9 Å². The Morgan fingerprint density at radius 1 is 1.09 bits per heavy atom. The molecular weight excluding hydrogens is 434 g/mol. The van der Waals surface area contributed by atoms with Crippen molar-refractivity contribution in [3.63, 3.8) is 0 Å². The number of hydrogen-bond donors (Lipinski definition) is 2. The smallest absolute Gasteiger partial charge is 0.322 e. The van der Waals surface area contributed by atoms with E-state index >= 15 is 0 Å². The second-order valence-electron chi connectivity index (χ2n) is 8.74. The van der Waals surface area contributed by atoms with Crippen molar-refractivity contribution in [3.05, 3.63) is 70.5 Å². The van der Waals surface area contributed by atoms with Crippen LogP contribution < -0.4 is 15.4 Å². The molecular formula is C25H25N5O4. The Hall–Kier alpha value is -4.14. The van der Waals surface area contributed by atoms with E-state index in [1.165, 1.54) is 0 Å².